The lowest BCUT2D eigenvalue weighted by atomic mass is 10.1. The van der Waals surface area contributed by atoms with Crippen LogP contribution in [0.3, 0.4) is 0 Å². The van der Waals surface area contributed by atoms with E-state index < -0.39 is 0 Å². The van der Waals surface area contributed by atoms with Gasteiger partial charge in [0.05, 0.1) is 16.2 Å². The smallest absolute Gasteiger partial charge is 0.267 e. The molecular weight excluding hydrogens is 316 g/mol. The minimum Gasteiger partial charge on any atom is -0.311 e. The lowest BCUT2D eigenvalue weighted by molar-refractivity contribution is -0.122. The van der Waals surface area contributed by atoms with Crippen LogP contribution in [-0.2, 0) is 9.59 Å². The molecule has 0 saturated carbocycles. The average molecular weight is 332 g/mol. The Hall–Kier alpha value is -1.66. The molecule has 1 aromatic rings. The van der Waals surface area contributed by atoms with E-state index in [1.54, 1.807) is 16.8 Å². The Labute approximate surface area is 139 Å². The summed E-state index contributed by atoms with van der Waals surface area (Å²) < 4.78 is 0.529. The molecule has 6 heteroatoms. The van der Waals surface area contributed by atoms with Gasteiger partial charge in [-0.25, -0.2) is 0 Å². The third-order valence-corrected chi connectivity index (χ3v) is 5.13. The van der Waals surface area contributed by atoms with Crippen LogP contribution in [0.1, 0.15) is 19.4 Å². The summed E-state index contributed by atoms with van der Waals surface area (Å²) in [7, 11) is 1.73. The second-order valence-corrected chi connectivity index (χ2v) is 7.41. The lowest BCUT2D eigenvalue weighted by Crippen LogP contribution is -2.32. The fourth-order valence-electron chi connectivity index (χ4n) is 2.66. The Bertz CT molecular complexity index is 725. The highest BCUT2D eigenvalue weighted by atomic mass is 32.2. The maximum atomic E-state index is 12.7. The van der Waals surface area contributed by atoms with Gasteiger partial charge in [-0.3, -0.25) is 14.5 Å². The zero-order chi connectivity index (χ0) is 16.0. The van der Waals surface area contributed by atoms with Gasteiger partial charge in [-0.05, 0) is 12.0 Å². The first-order chi connectivity index (χ1) is 10.4. The van der Waals surface area contributed by atoms with Crippen LogP contribution in [0.15, 0.2) is 29.2 Å². The number of fused-ring (bicyclic) bond motifs is 1. The van der Waals surface area contributed by atoms with Crippen molar-refractivity contribution in [3.05, 3.63) is 34.7 Å². The van der Waals surface area contributed by atoms with E-state index in [0.29, 0.717) is 27.3 Å². The second-order valence-electron chi connectivity index (χ2n) is 5.76. The maximum absolute atomic E-state index is 12.7. The van der Waals surface area contributed by atoms with E-state index in [1.807, 2.05) is 38.1 Å². The number of thiocarbonyl (C=S) groups is 1. The summed E-state index contributed by atoms with van der Waals surface area (Å²) in [5.41, 5.74) is 2.11. The van der Waals surface area contributed by atoms with Crippen LogP contribution < -0.4 is 4.90 Å². The Kier molecular flexibility index (Phi) is 3.82. The first-order valence-electron chi connectivity index (χ1n) is 7.07. The van der Waals surface area contributed by atoms with Gasteiger partial charge in [0, 0.05) is 19.2 Å². The molecule has 1 fully saturated rings. The SMILES string of the molecule is CC(C)CN1C(=O)/C(=C2/C(=O)N(C)c3ccccc32)SC1=S. The zero-order valence-corrected chi connectivity index (χ0v) is 14.3. The van der Waals surface area contributed by atoms with E-state index in [-0.39, 0.29) is 11.8 Å². The van der Waals surface area contributed by atoms with E-state index in [2.05, 4.69) is 0 Å². The molecule has 3 rings (SSSR count). The summed E-state index contributed by atoms with van der Waals surface area (Å²) in [5, 5.41) is 0. The molecule has 2 aliphatic rings. The van der Waals surface area contributed by atoms with E-state index >= 15 is 0 Å². The largest absolute Gasteiger partial charge is 0.311 e. The molecule has 22 heavy (non-hydrogen) atoms. The Morgan fingerprint density at radius 2 is 1.86 bits per heavy atom. The minimum absolute atomic E-state index is 0.147. The maximum Gasteiger partial charge on any atom is 0.267 e. The van der Waals surface area contributed by atoms with Crippen molar-refractivity contribution in [3.8, 4) is 0 Å². The minimum atomic E-state index is -0.155. The molecule has 0 unspecified atom stereocenters. The van der Waals surface area contributed by atoms with E-state index in [9.17, 15) is 9.59 Å². The van der Waals surface area contributed by atoms with Gasteiger partial charge >= 0.3 is 0 Å². The lowest BCUT2D eigenvalue weighted by Gasteiger charge is -2.16. The van der Waals surface area contributed by atoms with Gasteiger partial charge in [0.1, 0.15) is 4.32 Å². The fourth-order valence-corrected chi connectivity index (χ4v) is 4.01. The van der Waals surface area contributed by atoms with Crippen LogP contribution in [-0.4, -0.2) is 34.6 Å². The molecule has 0 aliphatic carbocycles. The first-order valence-corrected chi connectivity index (χ1v) is 8.29. The summed E-state index contributed by atoms with van der Waals surface area (Å²) in [6.45, 7) is 4.65. The Balaban J connectivity index is 2.10. The summed E-state index contributed by atoms with van der Waals surface area (Å²) >= 11 is 6.55. The highest BCUT2D eigenvalue weighted by Gasteiger charge is 2.40. The zero-order valence-electron chi connectivity index (χ0n) is 12.6. The summed E-state index contributed by atoms with van der Waals surface area (Å²) in [6.07, 6.45) is 0. The number of hydrogen-bond donors (Lipinski definition) is 0. The third-order valence-electron chi connectivity index (χ3n) is 3.68. The van der Waals surface area contributed by atoms with E-state index in [0.717, 1.165) is 11.3 Å². The molecule has 2 amide bonds. The normalized spacial score (nSPS) is 21.4. The molecule has 0 spiro atoms. The molecule has 0 bridgehead atoms. The molecular formula is C16H16N2O2S2. The number of hydrogen-bond acceptors (Lipinski definition) is 4. The van der Waals surface area contributed by atoms with Gasteiger partial charge in [0.15, 0.2) is 0 Å². The van der Waals surface area contributed by atoms with Crippen LogP contribution in [0.5, 0.6) is 0 Å². The van der Waals surface area contributed by atoms with Gasteiger partial charge in [0.2, 0.25) is 0 Å². The molecule has 2 aliphatic heterocycles. The Morgan fingerprint density at radius 1 is 1.18 bits per heavy atom. The predicted molar refractivity (Wildman–Crippen MR) is 93.5 cm³/mol. The van der Waals surface area contributed by atoms with Crippen molar-refractivity contribution < 1.29 is 9.59 Å². The third kappa shape index (κ3) is 2.27. The number of thioether (sulfide) groups is 1. The van der Waals surface area contributed by atoms with Crippen molar-refractivity contribution in [2.75, 3.05) is 18.5 Å². The second kappa shape index (κ2) is 5.52. The highest BCUT2D eigenvalue weighted by molar-refractivity contribution is 8.26. The van der Waals surface area contributed by atoms with E-state index in [4.69, 9.17) is 12.2 Å². The van der Waals surface area contributed by atoms with Crippen molar-refractivity contribution in [1.29, 1.82) is 0 Å². The number of benzene rings is 1. The number of carbonyl (C=O) groups is 2. The molecule has 0 radical (unpaired) electrons. The molecule has 1 aromatic carbocycles. The number of amides is 2. The molecule has 114 valence electrons. The number of carbonyl (C=O) groups excluding carboxylic acids is 2. The van der Waals surface area contributed by atoms with Gasteiger partial charge < -0.3 is 4.90 Å². The molecule has 0 N–H and O–H groups in total. The first kappa shape index (κ1) is 15.2. The number of nitrogens with zero attached hydrogens (tertiary/aromatic N) is 2. The van der Waals surface area contributed by atoms with Crippen LogP contribution in [0.25, 0.3) is 5.57 Å². The number of rotatable bonds is 2. The number of anilines is 1. The molecule has 0 aromatic heterocycles. The van der Waals surface area contributed by atoms with E-state index in [1.165, 1.54) is 11.8 Å². The van der Waals surface area contributed by atoms with Gasteiger partial charge in [-0.15, -0.1) is 0 Å². The van der Waals surface area contributed by atoms with Crippen LogP contribution in [0.2, 0.25) is 0 Å². The fraction of sp³-hybridized carbons (Fsp3) is 0.312. The highest BCUT2D eigenvalue weighted by Crippen LogP contribution is 2.43. The van der Waals surface area contributed by atoms with Crippen molar-refractivity contribution in [3.63, 3.8) is 0 Å². The molecule has 0 atom stereocenters. The van der Waals surface area contributed by atoms with Crippen molar-refractivity contribution >= 4 is 51.4 Å². The summed E-state index contributed by atoms with van der Waals surface area (Å²) in [5.74, 6) is 0.0180. The average Bonchev–Trinajstić information content (AvgIpc) is 2.88. The number of likely N-dealkylation sites (N-methyl/N-ethyl adjacent to an activating group) is 1. The quantitative estimate of drug-likeness (QED) is 0.617. The summed E-state index contributed by atoms with van der Waals surface area (Å²) in [4.78, 5) is 28.9. The molecule has 1 saturated heterocycles. The topological polar surface area (TPSA) is 40.6 Å². The van der Waals surface area contributed by atoms with Crippen LogP contribution >= 0.6 is 24.0 Å². The van der Waals surface area contributed by atoms with Crippen molar-refractivity contribution in [2.24, 2.45) is 5.92 Å². The van der Waals surface area contributed by atoms with Gasteiger partial charge in [-0.2, -0.15) is 0 Å². The molecule has 4 nitrogen and oxygen atoms in total. The van der Waals surface area contributed by atoms with Crippen molar-refractivity contribution in [2.45, 2.75) is 13.8 Å². The monoisotopic (exact) mass is 332 g/mol. The Morgan fingerprint density at radius 3 is 2.55 bits per heavy atom. The van der Waals surface area contributed by atoms with Crippen LogP contribution in [0, 0.1) is 5.92 Å². The van der Waals surface area contributed by atoms with Crippen LogP contribution in [0.4, 0.5) is 5.69 Å². The summed E-state index contributed by atoms with van der Waals surface area (Å²) in [6, 6.07) is 7.52. The van der Waals surface area contributed by atoms with Gasteiger partial charge in [-0.1, -0.05) is 56.0 Å². The number of para-hydroxylation sites is 1. The van der Waals surface area contributed by atoms with Crippen molar-refractivity contribution in [1.82, 2.24) is 4.90 Å². The predicted octanol–water partition coefficient (Wildman–Crippen LogP) is 2.89. The van der Waals surface area contributed by atoms with Gasteiger partial charge in [0.25, 0.3) is 11.8 Å². The molecule has 2 heterocycles. The standard InChI is InChI=1S/C16H16N2O2S2/c1-9(2)8-18-15(20)13(22-16(18)21)12-10-6-4-5-7-11(10)17(3)14(12)19/h4-7,9H,8H2,1-3H3/b13-12-.